The van der Waals surface area contributed by atoms with Gasteiger partial charge in [-0.25, -0.2) is 0 Å². The van der Waals surface area contributed by atoms with Crippen LogP contribution in [0, 0.1) is 0 Å². The van der Waals surface area contributed by atoms with Crippen LogP contribution in [0.25, 0.3) is 0 Å². The van der Waals surface area contributed by atoms with Crippen molar-refractivity contribution < 1.29 is 14.3 Å². The Morgan fingerprint density at radius 2 is 2.00 bits per heavy atom. The topological polar surface area (TPSA) is 64.8 Å². The third-order valence-electron chi connectivity index (χ3n) is 3.44. The van der Waals surface area contributed by atoms with Crippen LogP contribution in [0.4, 0.5) is 0 Å². The Labute approximate surface area is 112 Å². The molecule has 19 heavy (non-hydrogen) atoms. The molecule has 1 aliphatic carbocycles. The molecule has 0 aromatic heterocycles. The summed E-state index contributed by atoms with van der Waals surface area (Å²) < 4.78 is 11.0. The molecule has 0 unspecified atom stereocenters. The van der Waals surface area contributed by atoms with E-state index in [9.17, 15) is 4.79 Å². The van der Waals surface area contributed by atoms with Crippen molar-refractivity contribution in [1.29, 1.82) is 0 Å². The molecule has 0 atom stereocenters. The van der Waals surface area contributed by atoms with Gasteiger partial charge in [-0.2, -0.15) is 0 Å². The highest BCUT2D eigenvalue weighted by Crippen LogP contribution is 2.33. The number of carbonyl (C=O) groups excluding carboxylic acids is 1. The number of rotatable bonds is 4. The smallest absolute Gasteiger partial charge is 0.236 e. The average Bonchev–Trinajstić information content (AvgIpc) is 3.28. The van der Waals surface area contributed by atoms with E-state index < -0.39 is 0 Å². The molecule has 0 bridgehead atoms. The minimum absolute atomic E-state index is 0.0115. The molecule has 2 N–H and O–H groups in total. The van der Waals surface area contributed by atoms with Gasteiger partial charge >= 0.3 is 0 Å². The maximum Gasteiger partial charge on any atom is 0.236 e. The van der Waals surface area contributed by atoms with Gasteiger partial charge in [0, 0.05) is 12.6 Å². The number of amides is 1. The molecule has 0 spiro atoms. The minimum Gasteiger partial charge on any atom is -0.486 e. The van der Waals surface area contributed by atoms with Gasteiger partial charge in [-0.15, -0.1) is 0 Å². The number of fused-ring (bicyclic) bond motifs is 1. The summed E-state index contributed by atoms with van der Waals surface area (Å²) >= 11 is 0. The minimum atomic E-state index is 0.0115. The number of hydrogen-bond acceptors (Lipinski definition) is 4. The SMILES string of the molecule is NCC(=O)N(Cc1ccc2c(c1)OCCO2)C1CC1. The van der Waals surface area contributed by atoms with Crippen LogP contribution in [-0.2, 0) is 11.3 Å². The van der Waals surface area contributed by atoms with Crippen LogP contribution < -0.4 is 15.2 Å². The van der Waals surface area contributed by atoms with E-state index in [1.54, 1.807) is 0 Å². The molecule has 1 aromatic rings. The van der Waals surface area contributed by atoms with Gasteiger partial charge in [0.15, 0.2) is 11.5 Å². The molecular formula is C14H18N2O3. The highest BCUT2D eigenvalue weighted by atomic mass is 16.6. The second-order valence-electron chi connectivity index (χ2n) is 4.93. The third kappa shape index (κ3) is 2.66. The van der Waals surface area contributed by atoms with Crippen LogP contribution in [0.2, 0.25) is 0 Å². The van der Waals surface area contributed by atoms with E-state index >= 15 is 0 Å². The molecule has 1 heterocycles. The van der Waals surface area contributed by atoms with Crippen LogP contribution in [0.1, 0.15) is 18.4 Å². The number of hydrogen-bond donors (Lipinski definition) is 1. The quantitative estimate of drug-likeness (QED) is 0.876. The van der Waals surface area contributed by atoms with Crippen molar-refractivity contribution in [3.63, 3.8) is 0 Å². The van der Waals surface area contributed by atoms with Crippen molar-refractivity contribution in [2.24, 2.45) is 5.73 Å². The van der Waals surface area contributed by atoms with Crippen LogP contribution >= 0.6 is 0 Å². The zero-order valence-electron chi connectivity index (χ0n) is 10.8. The van der Waals surface area contributed by atoms with Gasteiger partial charge in [-0.05, 0) is 30.5 Å². The maximum absolute atomic E-state index is 11.8. The van der Waals surface area contributed by atoms with Crippen molar-refractivity contribution in [2.75, 3.05) is 19.8 Å². The number of ether oxygens (including phenoxy) is 2. The highest BCUT2D eigenvalue weighted by molar-refractivity contribution is 5.78. The van der Waals surface area contributed by atoms with Gasteiger partial charge in [-0.1, -0.05) is 6.07 Å². The van der Waals surface area contributed by atoms with E-state index in [1.807, 2.05) is 23.1 Å². The van der Waals surface area contributed by atoms with Crippen LogP contribution in [0.5, 0.6) is 11.5 Å². The van der Waals surface area contributed by atoms with E-state index in [2.05, 4.69) is 0 Å². The predicted octanol–water partition coefficient (Wildman–Crippen LogP) is 0.907. The van der Waals surface area contributed by atoms with Crippen LogP contribution in [-0.4, -0.2) is 36.6 Å². The van der Waals surface area contributed by atoms with E-state index in [1.165, 1.54) is 0 Å². The summed E-state index contributed by atoms with van der Waals surface area (Å²) in [4.78, 5) is 13.7. The number of benzene rings is 1. The second kappa shape index (κ2) is 5.09. The standard InChI is InChI=1S/C14H18N2O3/c15-8-14(17)16(11-2-3-11)9-10-1-4-12-13(7-10)19-6-5-18-12/h1,4,7,11H,2-3,5-6,8-9,15H2. The Morgan fingerprint density at radius 1 is 1.26 bits per heavy atom. The molecule has 5 nitrogen and oxygen atoms in total. The summed E-state index contributed by atoms with van der Waals surface area (Å²) in [5.74, 6) is 1.55. The average molecular weight is 262 g/mol. The van der Waals surface area contributed by atoms with Crippen molar-refractivity contribution in [1.82, 2.24) is 4.90 Å². The lowest BCUT2D eigenvalue weighted by atomic mass is 10.1. The van der Waals surface area contributed by atoms with Gasteiger partial charge < -0.3 is 20.1 Å². The normalized spacial score (nSPS) is 17.1. The molecule has 102 valence electrons. The number of nitrogens with zero attached hydrogens (tertiary/aromatic N) is 1. The van der Waals surface area contributed by atoms with E-state index in [0.29, 0.717) is 25.8 Å². The summed E-state index contributed by atoms with van der Waals surface area (Å²) in [6, 6.07) is 6.20. The lowest BCUT2D eigenvalue weighted by molar-refractivity contribution is -0.130. The predicted molar refractivity (Wildman–Crippen MR) is 70.1 cm³/mol. The lowest BCUT2D eigenvalue weighted by Crippen LogP contribution is -2.37. The fraction of sp³-hybridized carbons (Fsp3) is 0.500. The third-order valence-corrected chi connectivity index (χ3v) is 3.44. The van der Waals surface area contributed by atoms with E-state index in [0.717, 1.165) is 29.9 Å². The largest absolute Gasteiger partial charge is 0.486 e. The maximum atomic E-state index is 11.8. The Morgan fingerprint density at radius 3 is 2.68 bits per heavy atom. The first-order valence-corrected chi connectivity index (χ1v) is 6.66. The molecule has 1 aliphatic heterocycles. The molecule has 1 fully saturated rings. The summed E-state index contributed by atoms with van der Waals surface area (Å²) in [7, 11) is 0. The number of carbonyl (C=O) groups is 1. The zero-order chi connectivity index (χ0) is 13.2. The summed E-state index contributed by atoms with van der Waals surface area (Å²) in [5, 5.41) is 0. The molecule has 1 saturated carbocycles. The Bertz CT molecular complexity index is 486. The van der Waals surface area contributed by atoms with Gasteiger partial charge in [-0.3, -0.25) is 4.79 Å². The summed E-state index contributed by atoms with van der Waals surface area (Å²) in [5.41, 5.74) is 6.52. The summed E-state index contributed by atoms with van der Waals surface area (Å²) in [6.45, 7) is 1.83. The fourth-order valence-corrected chi connectivity index (χ4v) is 2.31. The first kappa shape index (κ1) is 12.3. The molecule has 0 saturated heterocycles. The second-order valence-corrected chi connectivity index (χ2v) is 4.93. The highest BCUT2D eigenvalue weighted by Gasteiger charge is 2.32. The van der Waals surface area contributed by atoms with Crippen molar-refractivity contribution in [3.8, 4) is 11.5 Å². The molecule has 1 aromatic carbocycles. The monoisotopic (exact) mass is 262 g/mol. The molecule has 1 amide bonds. The van der Waals surface area contributed by atoms with Gasteiger partial charge in [0.05, 0.1) is 6.54 Å². The van der Waals surface area contributed by atoms with Gasteiger partial charge in [0.25, 0.3) is 0 Å². The fourth-order valence-electron chi connectivity index (χ4n) is 2.31. The van der Waals surface area contributed by atoms with Crippen molar-refractivity contribution in [3.05, 3.63) is 23.8 Å². The Balaban J connectivity index is 1.76. The summed E-state index contributed by atoms with van der Waals surface area (Å²) in [6.07, 6.45) is 2.16. The lowest BCUT2D eigenvalue weighted by Gasteiger charge is -2.23. The van der Waals surface area contributed by atoms with Crippen molar-refractivity contribution in [2.45, 2.75) is 25.4 Å². The Kier molecular flexibility index (Phi) is 3.29. The van der Waals surface area contributed by atoms with E-state index in [4.69, 9.17) is 15.2 Å². The molecule has 5 heteroatoms. The molecular weight excluding hydrogens is 244 g/mol. The van der Waals surface area contributed by atoms with Crippen molar-refractivity contribution >= 4 is 5.91 Å². The van der Waals surface area contributed by atoms with Crippen LogP contribution in [0.15, 0.2) is 18.2 Å². The first-order valence-electron chi connectivity index (χ1n) is 6.66. The first-order chi connectivity index (χ1) is 9.28. The van der Waals surface area contributed by atoms with Gasteiger partial charge in [0.1, 0.15) is 13.2 Å². The van der Waals surface area contributed by atoms with Gasteiger partial charge in [0.2, 0.25) is 5.91 Å². The number of nitrogens with two attached hydrogens (primary N) is 1. The molecule has 0 radical (unpaired) electrons. The zero-order valence-corrected chi connectivity index (χ0v) is 10.8. The molecule has 2 aliphatic rings. The Hall–Kier alpha value is -1.75. The molecule has 3 rings (SSSR count). The van der Waals surface area contributed by atoms with E-state index in [-0.39, 0.29) is 12.5 Å². The van der Waals surface area contributed by atoms with Crippen LogP contribution in [0.3, 0.4) is 0 Å².